The van der Waals surface area contributed by atoms with Crippen LogP contribution in [0.3, 0.4) is 0 Å². The Morgan fingerprint density at radius 3 is 3.00 bits per heavy atom. The molecular formula is C11H9NO3. The molecule has 76 valence electrons. The van der Waals surface area contributed by atoms with Crippen molar-refractivity contribution in [2.45, 2.75) is 0 Å². The predicted octanol–water partition coefficient (Wildman–Crippen LogP) is 0.809. The number of rotatable bonds is 1. The molecule has 1 aliphatic heterocycles. The van der Waals surface area contributed by atoms with Crippen molar-refractivity contribution in [3.05, 3.63) is 36.1 Å². The van der Waals surface area contributed by atoms with Gasteiger partial charge in [0.05, 0.1) is 24.3 Å². The van der Waals surface area contributed by atoms with Crippen LogP contribution in [0.5, 0.6) is 0 Å². The summed E-state index contributed by atoms with van der Waals surface area (Å²) < 4.78 is 4.58. The molecule has 1 atom stereocenters. The number of carbonyl (C=O) groups is 2. The smallest absolute Gasteiger partial charge is 0.337 e. The first-order valence-electron chi connectivity index (χ1n) is 4.48. The third kappa shape index (κ3) is 1.66. The van der Waals surface area contributed by atoms with Crippen LogP contribution in [-0.4, -0.2) is 24.6 Å². The zero-order chi connectivity index (χ0) is 10.8. The number of ether oxygens (including phenoxy) is 1. The van der Waals surface area contributed by atoms with Crippen LogP contribution in [0.2, 0.25) is 0 Å². The van der Waals surface area contributed by atoms with Crippen LogP contribution in [0.25, 0.3) is 0 Å². The summed E-state index contributed by atoms with van der Waals surface area (Å²) in [6.07, 6.45) is 7.70. The summed E-state index contributed by atoms with van der Waals surface area (Å²) in [7, 11) is 1.32. The third-order valence-corrected chi connectivity index (χ3v) is 2.28. The lowest BCUT2D eigenvalue weighted by atomic mass is 9.89. The number of aliphatic imine (C=N–C) groups is 1. The average Bonchev–Trinajstić information content (AvgIpc) is 2.28. The van der Waals surface area contributed by atoms with E-state index in [0.29, 0.717) is 11.3 Å². The van der Waals surface area contributed by atoms with Crippen molar-refractivity contribution in [3.8, 4) is 0 Å². The fourth-order valence-corrected chi connectivity index (χ4v) is 1.50. The van der Waals surface area contributed by atoms with Gasteiger partial charge < -0.3 is 4.74 Å². The maximum Gasteiger partial charge on any atom is 0.337 e. The Morgan fingerprint density at radius 1 is 1.47 bits per heavy atom. The standard InChI is InChI=1S/C11H9NO3/c1-15-11(14)7-2-3-8-9(6-7)12-5-4-10(8)13/h2-6,8H,1H3. The summed E-state index contributed by atoms with van der Waals surface area (Å²) in [6.45, 7) is 0. The van der Waals surface area contributed by atoms with Gasteiger partial charge >= 0.3 is 5.97 Å². The van der Waals surface area contributed by atoms with Crippen molar-refractivity contribution < 1.29 is 14.3 Å². The Morgan fingerprint density at radius 2 is 2.27 bits per heavy atom. The van der Waals surface area contributed by atoms with E-state index < -0.39 is 5.97 Å². The van der Waals surface area contributed by atoms with Gasteiger partial charge in [0.2, 0.25) is 0 Å². The number of nitrogens with zero attached hydrogens (tertiary/aromatic N) is 1. The maximum absolute atomic E-state index is 11.4. The highest BCUT2D eigenvalue weighted by Gasteiger charge is 2.25. The van der Waals surface area contributed by atoms with Gasteiger partial charge in [-0.2, -0.15) is 0 Å². The second-order valence-corrected chi connectivity index (χ2v) is 3.20. The molecule has 1 aliphatic carbocycles. The van der Waals surface area contributed by atoms with E-state index >= 15 is 0 Å². The molecular weight excluding hydrogens is 194 g/mol. The van der Waals surface area contributed by atoms with Gasteiger partial charge in [-0.05, 0) is 6.08 Å². The fraction of sp³-hybridized carbons (Fsp3) is 0.182. The summed E-state index contributed by atoms with van der Waals surface area (Å²) in [6, 6.07) is 0. The molecule has 0 aromatic heterocycles. The van der Waals surface area contributed by atoms with Gasteiger partial charge in [0.25, 0.3) is 0 Å². The molecule has 0 saturated carbocycles. The third-order valence-electron chi connectivity index (χ3n) is 2.28. The molecule has 1 heterocycles. The van der Waals surface area contributed by atoms with E-state index in [-0.39, 0.29) is 11.7 Å². The van der Waals surface area contributed by atoms with Gasteiger partial charge in [0.1, 0.15) is 0 Å². The van der Waals surface area contributed by atoms with E-state index in [1.54, 1.807) is 18.2 Å². The van der Waals surface area contributed by atoms with Crippen LogP contribution in [0.15, 0.2) is 41.1 Å². The topological polar surface area (TPSA) is 55.7 Å². The minimum absolute atomic E-state index is 0.0172. The highest BCUT2D eigenvalue weighted by molar-refractivity contribution is 6.20. The Kier molecular flexibility index (Phi) is 2.33. The number of esters is 1. The summed E-state index contributed by atoms with van der Waals surface area (Å²) in [5.41, 5.74) is 1.00. The van der Waals surface area contributed by atoms with Gasteiger partial charge in [-0.15, -0.1) is 0 Å². The molecule has 0 saturated heterocycles. The zero-order valence-corrected chi connectivity index (χ0v) is 8.14. The van der Waals surface area contributed by atoms with E-state index in [2.05, 4.69) is 9.73 Å². The van der Waals surface area contributed by atoms with Crippen molar-refractivity contribution in [2.24, 2.45) is 10.9 Å². The summed E-state index contributed by atoms with van der Waals surface area (Å²) >= 11 is 0. The van der Waals surface area contributed by atoms with Gasteiger partial charge in [-0.1, -0.05) is 12.2 Å². The molecule has 0 aromatic rings. The molecule has 2 rings (SSSR count). The molecule has 0 bridgehead atoms. The number of hydrogen-bond donors (Lipinski definition) is 0. The Balaban J connectivity index is 2.33. The molecule has 0 N–H and O–H groups in total. The molecule has 0 spiro atoms. The highest BCUT2D eigenvalue weighted by Crippen LogP contribution is 2.19. The van der Waals surface area contributed by atoms with E-state index in [4.69, 9.17) is 0 Å². The number of carbonyl (C=O) groups excluding carboxylic acids is 2. The van der Waals surface area contributed by atoms with Crippen molar-refractivity contribution in [1.82, 2.24) is 0 Å². The molecule has 0 amide bonds. The number of hydrogen-bond acceptors (Lipinski definition) is 4. The molecule has 4 nitrogen and oxygen atoms in total. The zero-order valence-electron chi connectivity index (χ0n) is 8.14. The molecule has 0 radical (unpaired) electrons. The van der Waals surface area contributed by atoms with Crippen LogP contribution in [0.1, 0.15) is 0 Å². The second-order valence-electron chi connectivity index (χ2n) is 3.20. The Hall–Kier alpha value is -1.97. The predicted molar refractivity (Wildman–Crippen MR) is 54.3 cm³/mol. The Labute approximate surface area is 86.6 Å². The number of methoxy groups -OCH3 is 1. The van der Waals surface area contributed by atoms with Crippen molar-refractivity contribution in [3.63, 3.8) is 0 Å². The van der Waals surface area contributed by atoms with Crippen LogP contribution in [0.4, 0.5) is 0 Å². The number of ketones is 1. The maximum atomic E-state index is 11.4. The molecule has 1 unspecified atom stereocenters. The first kappa shape index (κ1) is 9.58. The molecule has 2 aliphatic rings. The normalized spacial score (nSPS) is 23.0. The van der Waals surface area contributed by atoms with Crippen LogP contribution in [-0.2, 0) is 14.3 Å². The number of fused-ring (bicyclic) bond motifs is 1. The molecule has 0 aromatic carbocycles. The van der Waals surface area contributed by atoms with Crippen LogP contribution < -0.4 is 0 Å². The van der Waals surface area contributed by atoms with Gasteiger partial charge in [0, 0.05) is 12.3 Å². The largest absolute Gasteiger partial charge is 0.465 e. The molecule has 15 heavy (non-hydrogen) atoms. The quantitative estimate of drug-likeness (QED) is 0.592. The highest BCUT2D eigenvalue weighted by atomic mass is 16.5. The SMILES string of the molecule is COC(=O)C1=CC2=NC=CC(=O)C2C=C1. The lowest BCUT2D eigenvalue weighted by Gasteiger charge is -2.17. The summed E-state index contributed by atoms with van der Waals surface area (Å²) in [4.78, 5) is 26.7. The molecule has 0 fully saturated rings. The van der Waals surface area contributed by atoms with Crippen LogP contribution >= 0.6 is 0 Å². The van der Waals surface area contributed by atoms with E-state index in [1.165, 1.54) is 19.4 Å². The van der Waals surface area contributed by atoms with Crippen molar-refractivity contribution in [2.75, 3.05) is 7.11 Å². The minimum atomic E-state index is -0.422. The number of allylic oxidation sites excluding steroid dienone is 3. The second kappa shape index (κ2) is 3.65. The van der Waals surface area contributed by atoms with Gasteiger partial charge in [-0.25, -0.2) is 4.79 Å². The van der Waals surface area contributed by atoms with Crippen LogP contribution in [0, 0.1) is 5.92 Å². The first-order valence-corrected chi connectivity index (χ1v) is 4.48. The first-order chi connectivity index (χ1) is 7.22. The Bertz CT molecular complexity index is 441. The monoisotopic (exact) mass is 203 g/mol. The lowest BCUT2D eigenvalue weighted by Crippen LogP contribution is -2.25. The van der Waals surface area contributed by atoms with E-state index in [1.807, 2.05) is 0 Å². The van der Waals surface area contributed by atoms with Crippen molar-refractivity contribution >= 4 is 17.5 Å². The lowest BCUT2D eigenvalue weighted by molar-refractivity contribution is -0.135. The molecule has 4 heteroatoms. The average molecular weight is 203 g/mol. The van der Waals surface area contributed by atoms with Gasteiger partial charge in [0.15, 0.2) is 5.78 Å². The fourth-order valence-electron chi connectivity index (χ4n) is 1.50. The summed E-state index contributed by atoms with van der Waals surface area (Å²) in [5, 5.41) is 0. The van der Waals surface area contributed by atoms with Crippen molar-refractivity contribution in [1.29, 1.82) is 0 Å². The van der Waals surface area contributed by atoms with E-state index in [0.717, 1.165) is 0 Å². The summed E-state index contributed by atoms with van der Waals surface area (Å²) in [5.74, 6) is -0.783. The minimum Gasteiger partial charge on any atom is -0.465 e. The van der Waals surface area contributed by atoms with Gasteiger partial charge in [-0.3, -0.25) is 9.79 Å². The van der Waals surface area contributed by atoms with E-state index in [9.17, 15) is 9.59 Å².